The van der Waals surface area contributed by atoms with Gasteiger partial charge < -0.3 is 15.0 Å². The van der Waals surface area contributed by atoms with Crippen LogP contribution in [0.2, 0.25) is 0 Å². The molecule has 188 valence electrons. The van der Waals surface area contributed by atoms with Crippen LogP contribution in [-0.2, 0) is 16.0 Å². The molecule has 2 heterocycles. The molecule has 0 aliphatic carbocycles. The number of hydrogen-bond acceptors (Lipinski definition) is 5. The number of alkyl halides is 3. The van der Waals surface area contributed by atoms with Gasteiger partial charge in [0, 0.05) is 32.7 Å². The van der Waals surface area contributed by atoms with Gasteiger partial charge in [-0.2, -0.15) is 13.2 Å². The molecule has 1 saturated heterocycles. The highest BCUT2D eigenvalue weighted by Crippen LogP contribution is 2.37. The molecule has 2 amide bonds. The molecular formula is C25H29F3N4O3. The maximum absolute atomic E-state index is 13.9. The minimum Gasteiger partial charge on any atom is -0.497 e. The van der Waals surface area contributed by atoms with Gasteiger partial charge in [0.25, 0.3) is 0 Å². The van der Waals surface area contributed by atoms with Gasteiger partial charge in [0.05, 0.1) is 31.5 Å². The maximum atomic E-state index is 13.9. The number of amides is 2. The minimum absolute atomic E-state index is 0.0730. The molecule has 35 heavy (non-hydrogen) atoms. The van der Waals surface area contributed by atoms with E-state index >= 15 is 0 Å². The predicted octanol–water partition coefficient (Wildman–Crippen LogP) is 3.16. The lowest BCUT2D eigenvalue weighted by atomic mass is 10.1. The molecule has 0 saturated carbocycles. The Kier molecular flexibility index (Phi) is 7.61. The zero-order valence-electron chi connectivity index (χ0n) is 19.6. The van der Waals surface area contributed by atoms with E-state index in [4.69, 9.17) is 4.74 Å². The van der Waals surface area contributed by atoms with Crippen molar-refractivity contribution in [2.24, 2.45) is 0 Å². The number of ether oxygens (including phenoxy) is 1. The number of methoxy groups -OCH3 is 1. The van der Waals surface area contributed by atoms with Crippen LogP contribution in [-0.4, -0.2) is 80.2 Å². The predicted molar refractivity (Wildman–Crippen MR) is 127 cm³/mol. The van der Waals surface area contributed by atoms with Gasteiger partial charge in [-0.05, 0) is 36.2 Å². The molecule has 4 rings (SSSR count). The Morgan fingerprint density at radius 1 is 1.03 bits per heavy atom. The summed E-state index contributed by atoms with van der Waals surface area (Å²) in [6.07, 6.45) is -4.69. The van der Waals surface area contributed by atoms with E-state index in [1.165, 1.54) is 17.7 Å². The monoisotopic (exact) mass is 490 g/mol. The molecule has 1 unspecified atom stereocenters. The lowest BCUT2D eigenvalue weighted by molar-refractivity contribution is -0.158. The van der Waals surface area contributed by atoms with E-state index in [0.717, 1.165) is 36.7 Å². The van der Waals surface area contributed by atoms with E-state index in [0.29, 0.717) is 13.1 Å². The molecule has 7 nitrogen and oxygen atoms in total. The summed E-state index contributed by atoms with van der Waals surface area (Å²) >= 11 is 0. The summed E-state index contributed by atoms with van der Waals surface area (Å²) in [7, 11) is 1.63. The minimum atomic E-state index is -4.73. The van der Waals surface area contributed by atoms with Gasteiger partial charge in [-0.1, -0.05) is 24.3 Å². The van der Waals surface area contributed by atoms with Crippen LogP contribution in [0.5, 0.6) is 5.75 Å². The Balaban J connectivity index is 1.37. The number of hydrogen-bond donors (Lipinski definition) is 1. The van der Waals surface area contributed by atoms with Crippen LogP contribution in [0.15, 0.2) is 48.5 Å². The maximum Gasteiger partial charge on any atom is 0.409 e. The fourth-order valence-electron chi connectivity index (χ4n) is 4.51. The highest BCUT2D eigenvalue weighted by molar-refractivity contribution is 6.05. The van der Waals surface area contributed by atoms with Crippen LogP contribution in [0.25, 0.3) is 0 Å². The second-order valence-electron chi connectivity index (χ2n) is 8.81. The number of carbonyl (C=O) groups excluding carboxylic acids is 2. The first-order valence-corrected chi connectivity index (χ1v) is 11.6. The van der Waals surface area contributed by atoms with Gasteiger partial charge in [-0.3, -0.25) is 19.4 Å². The first-order valence-electron chi connectivity index (χ1n) is 11.6. The van der Waals surface area contributed by atoms with E-state index < -0.39 is 30.5 Å². The summed E-state index contributed by atoms with van der Waals surface area (Å²) in [6.45, 7) is 3.33. The molecule has 1 fully saturated rings. The van der Waals surface area contributed by atoms with Crippen LogP contribution < -0.4 is 15.0 Å². The zero-order chi connectivity index (χ0) is 25.0. The van der Waals surface area contributed by atoms with Crippen molar-refractivity contribution >= 4 is 23.2 Å². The number of fused-ring (bicyclic) bond motifs is 1. The van der Waals surface area contributed by atoms with Crippen LogP contribution in [0, 0.1) is 0 Å². The number of halogens is 3. The quantitative estimate of drug-likeness (QED) is 0.674. The number of para-hydroxylation sites is 2. The van der Waals surface area contributed by atoms with Crippen molar-refractivity contribution in [1.82, 2.24) is 9.80 Å². The van der Waals surface area contributed by atoms with Gasteiger partial charge in [0.2, 0.25) is 11.8 Å². The van der Waals surface area contributed by atoms with Crippen molar-refractivity contribution in [3.63, 3.8) is 0 Å². The molecule has 0 spiro atoms. The number of nitrogens with zero attached hydrogens (tertiary/aromatic N) is 3. The molecule has 2 aliphatic rings. The Hall–Kier alpha value is -3.11. The van der Waals surface area contributed by atoms with E-state index in [9.17, 15) is 22.8 Å². The summed E-state index contributed by atoms with van der Waals surface area (Å²) in [5.74, 6) is -0.615. The van der Waals surface area contributed by atoms with Crippen LogP contribution in [0.4, 0.5) is 24.5 Å². The van der Waals surface area contributed by atoms with Crippen molar-refractivity contribution in [3.05, 3.63) is 54.1 Å². The summed E-state index contributed by atoms with van der Waals surface area (Å²) in [5, 5.41) is 2.49. The van der Waals surface area contributed by atoms with Gasteiger partial charge >= 0.3 is 6.18 Å². The summed E-state index contributed by atoms with van der Waals surface area (Å²) in [4.78, 5) is 30.2. The number of piperazine rings is 1. The van der Waals surface area contributed by atoms with Crippen molar-refractivity contribution in [2.45, 2.75) is 25.1 Å². The number of anilines is 2. The number of carbonyl (C=O) groups is 2. The fraction of sp³-hybridized carbons (Fsp3) is 0.440. The Labute approximate surface area is 202 Å². The van der Waals surface area contributed by atoms with Gasteiger partial charge in [0.1, 0.15) is 11.8 Å². The third-order valence-electron chi connectivity index (χ3n) is 6.47. The van der Waals surface area contributed by atoms with Gasteiger partial charge in [-0.25, -0.2) is 0 Å². The van der Waals surface area contributed by atoms with Crippen molar-refractivity contribution in [1.29, 1.82) is 0 Å². The molecule has 1 N–H and O–H groups in total. The molecule has 2 aliphatic heterocycles. The van der Waals surface area contributed by atoms with Crippen LogP contribution in [0.3, 0.4) is 0 Å². The summed E-state index contributed by atoms with van der Waals surface area (Å²) < 4.78 is 46.9. The van der Waals surface area contributed by atoms with Crippen molar-refractivity contribution < 1.29 is 27.5 Å². The SMILES string of the molecule is COc1ccc(CCN2CCN(CC(=O)N3c4ccccc4NC(=O)CC3C(F)(F)F)CC2)cc1. The average Bonchev–Trinajstić information content (AvgIpc) is 2.99. The number of benzene rings is 2. The molecule has 1 atom stereocenters. The Morgan fingerprint density at radius 3 is 2.34 bits per heavy atom. The lowest BCUT2D eigenvalue weighted by Gasteiger charge is -2.37. The number of rotatable bonds is 6. The normalized spacial score (nSPS) is 19.6. The molecule has 0 aromatic heterocycles. The van der Waals surface area contributed by atoms with Crippen molar-refractivity contribution in [2.75, 3.05) is 56.6 Å². The highest BCUT2D eigenvalue weighted by Gasteiger charge is 2.49. The molecule has 0 radical (unpaired) electrons. The fourth-order valence-corrected chi connectivity index (χ4v) is 4.51. The molecule has 2 aromatic carbocycles. The van der Waals surface area contributed by atoms with Gasteiger partial charge in [-0.15, -0.1) is 0 Å². The first kappa shape index (κ1) is 25.0. The summed E-state index contributed by atoms with van der Waals surface area (Å²) in [6, 6.07) is 11.8. The third kappa shape index (κ3) is 6.12. The largest absolute Gasteiger partial charge is 0.497 e. The van der Waals surface area contributed by atoms with Gasteiger partial charge in [0.15, 0.2) is 0 Å². The zero-order valence-corrected chi connectivity index (χ0v) is 19.6. The Morgan fingerprint density at radius 2 is 1.69 bits per heavy atom. The van der Waals surface area contributed by atoms with Crippen molar-refractivity contribution in [3.8, 4) is 5.75 Å². The highest BCUT2D eigenvalue weighted by atomic mass is 19.4. The standard InChI is InChI=1S/C25H29F3N4O3/c1-35-19-8-6-18(7-9-19)10-11-30-12-14-31(15-13-30)17-24(34)32-21-5-3-2-4-20(21)29-23(33)16-22(32)25(26,27)28/h2-9,22H,10-17H2,1H3,(H,29,33). The molecule has 2 aromatic rings. The lowest BCUT2D eigenvalue weighted by Crippen LogP contribution is -2.55. The van der Waals surface area contributed by atoms with E-state index in [-0.39, 0.29) is 17.9 Å². The topological polar surface area (TPSA) is 65.1 Å². The second kappa shape index (κ2) is 10.7. The van der Waals surface area contributed by atoms with Crippen LogP contribution in [0.1, 0.15) is 12.0 Å². The molecule has 0 bridgehead atoms. The van der Waals surface area contributed by atoms with E-state index in [2.05, 4.69) is 10.2 Å². The molecule has 10 heteroatoms. The third-order valence-corrected chi connectivity index (χ3v) is 6.47. The second-order valence-corrected chi connectivity index (χ2v) is 8.81. The molecular weight excluding hydrogens is 461 g/mol. The smallest absolute Gasteiger partial charge is 0.409 e. The average molecular weight is 491 g/mol. The van der Waals surface area contributed by atoms with Crippen LogP contribution >= 0.6 is 0 Å². The summed E-state index contributed by atoms with van der Waals surface area (Å²) in [5.41, 5.74) is 1.48. The Bertz CT molecular complexity index is 1040. The van der Waals surface area contributed by atoms with E-state index in [1.807, 2.05) is 29.2 Å². The van der Waals surface area contributed by atoms with E-state index in [1.54, 1.807) is 19.2 Å². The number of nitrogens with one attached hydrogen (secondary N) is 1. The first-order chi connectivity index (χ1) is 16.7.